The van der Waals surface area contributed by atoms with Gasteiger partial charge in [-0.05, 0) is 80.4 Å². The average molecular weight is 360 g/mol. The number of carbonyl (C=O) groups is 2. The fourth-order valence-corrected chi connectivity index (χ4v) is 2.70. The Balaban J connectivity index is 1.67. The highest BCUT2D eigenvalue weighted by atomic mass is 16.2. The lowest BCUT2D eigenvalue weighted by molar-refractivity contribution is 0.101. The Morgan fingerprint density at radius 3 is 2.04 bits per heavy atom. The van der Waals surface area contributed by atoms with Gasteiger partial charge < -0.3 is 10.6 Å². The number of carbonyl (C=O) groups excluding carboxylic acids is 2. The molecule has 6 nitrogen and oxygen atoms in total. The summed E-state index contributed by atoms with van der Waals surface area (Å²) in [6.45, 7) is 5.48. The van der Waals surface area contributed by atoms with Gasteiger partial charge in [0.25, 0.3) is 5.91 Å². The zero-order valence-corrected chi connectivity index (χ0v) is 15.4. The van der Waals surface area contributed by atoms with E-state index in [9.17, 15) is 9.59 Å². The average Bonchev–Trinajstić information content (AvgIpc) is 2.62. The van der Waals surface area contributed by atoms with Crippen LogP contribution < -0.4 is 10.6 Å². The normalized spacial score (nSPS) is 10.3. The van der Waals surface area contributed by atoms with Gasteiger partial charge in [-0.2, -0.15) is 0 Å². The molecule has 136 valence electrons. The molecule has 2 aromatic carbocycles. The maximum absolute atomic E-state index is 12.3. The van der Waals surface area contributed by atoms with Gasteiger partial charge in [0.2, 0.25) is 0 Å². The van der Waals surface area contributed by atoms with Crippen molar-refractivity contribution in [2.24, 2.45) is 0 Å². The molecule has 0 aliphatic rings. The molecule has 6 heteroatoms. The van der Waals surface area contributed by atoms with Crippen molar-refractivity contribution in [3.63, 3.8) is 0 Å². The van der Waals surface area contributed by atoms with Gasteiger partial charge in [-0.15, -0.1) is 10.2 Å². The van der Waals surface area contributed by atoms with E-state index in [0.29, 0.717) is 11.4 Å². The molecular weight excluding hydrogens is 340 g/mol. The molecule has 0 aliphatic heterocycles. The van der Waals surface area contributed by atoms with Gasteiger partial charge >= 0.3 is 0 Å². The number of hydrogen-bond acceptors (Lipinski definition) is 5. The number of anilines is 3. The van der Waals surface area contributed by atoms with E-state index in [-0.39, 0.29) is 17.4 Å². The molecule has 27 heavy (non-hydrogen) atoms. The van der Waals surface area contributed by atoms with E-state index in [2.05, 4.69) is 20.8 Å². The third-order valence-corrected chi connectivity index (χ3v) is 3.94. The van der Waals surface area contributed by atoms with E-state index < -0.39 is 0 Å². The van der Waals surface area contributed by atoms with Crippen LogP contribution in [0.1, 0.15) is 38.9 Å². The number of rotatable bonds is 5. The number of benzene rings is 2. The van der Waals surface area contributed by atoms with Gasteiger partial charge in [0, 0.05) is 16.9 Å². The van der Waals surface area contributed by atoms with Crippen LogP contribution in [-0.2, 0) is 0 Å². The monoisotopic (exact) mass is 360 g/mol. The molecule has 0 saturated carbocycles. The van der Waals surface area contributed by atoms with Crippen LogP contribution >= 0.6 is 0 Å². The molecular formula is C21H20N4O2. The molecule has 0 bridgehead atoms. The van der Waals surface area contributed by atoms with Crippen LogP contribution in [-0.4, -0.2) is 21.9 Å². The lowest BCUT2D eigenvalue weighted by Gasteiger charge is -2.08. The Hall–Kier alpha value is -3.54. The Bertz CT molecular complexity index is 960. The molecule has 0 radical (unpaired) electrons. The van der Waals surface area contributed by atoms with Gasteiger partial charge in [-0.1, -0.05) is 6.07 Å². The number of aryl methyl sites for hydroxylation is 2. The summed E-state index contributed by atoms with van der Waals surface area (Å²) >= 11 is 0. The van der Waals surface area contributed by atoms with Gasteiger partial charge in [-0.3, -0.25) is 9.59 Å². The Morgan fingerprint density at radius 1 is 0.815 bits per heavy atom. The Kier molecular flexibility index (Phi) is 5.26. The number of amides is 1. The molecule has 0 unspecified atom stereocenters. The smallest absolute Gasteiger partial charge is 0.276 e. The number of aromatic nitrogens is 2. The topological polar surface area (TPSA) is 84.0 Å². The summed E-state index contributed by atoms with van der Waals surface area (Å²) < 4.78 is 0. The summed E-state index contributed by atoms with van der Waals surface area (Å²) in [5, 5.41) is 13.9. The molecule has 1 aromatic heterocycles. The van der Waals surface area contributed by atoms with Crippen LogP contribution in [0.5, 0.6) is 0 Å². The highest BCUT2D eigenvalue weighted by Gasteiger charge is 2.09. The van der Waals surface area contributed by atoms with Crippen molar-refractivity contribution < 1.29 is 9.59 Å². The van der Waals surface area contributed by atoms with Crippen molar-refractivity contribution in [1.29, 1.82) is 0 Å². The minimum absolute atomic E-state index is 0.0144. The molecule has 0 spiro atoms. The van der Waals surface area contributed by atoms with Crippen molar-refractivity contribution in [2.45, 2.75) is 20.8 Å². The minimum Gasteiger partial charge on any atom is -0.339 e. The number of Topliss-reactive ketones (excluding diaryl/α,β-unsaturated/α-hetero) is 1. The first-order chi connectivity index (χ1) is 12.9. The summed E-state index contributed by atoms with van der Waals surface area (Å²) in [6.07, 6.45) is 0. The molecule has 1 amide bonds. The SMILES string of the molecule is CC(=O)c1ccc(Nc2ccc(C(=O)Nc3cc(C)cc(C)c3)nn2)cc1. The highest BCUT2D eigenvalue weighted by molar-refractivity contribution is 6.02. The highest BCUT2D eigenvalue weighted by Crippen LogP contribution is 2.17. The van der Waals surface area contributed by atoms with Crippen molar-refractivity contribution in [2.75, 3.05) is 10.6 Å². The van der Waals surface area contributed by atoms with Crippen LogP contribution in [0.15, 0.2) is 54.6 Å². The zero-order chi connectivity index (χ0) is 19.4. The van der Waals surface area contributed by atoms with E-state index in [1.165, 1.54) is 6.92 Å². The fourth-order valence-electron chi connectivity index (χ4n) is 2.70. The molecule has 1 heterocycles. The quantitative estimate of drug-likeness (QED) is 0.663. The zero-order valence-electron chi connectivity index (χ0n) is 15.4. The second-order valence-corrected chi connectivity index (χ2v) is 6.39. The number of ketones is 1. The number of nitrogens with one attached hydrogen (secondary N) is 2. The van der Waals surface area contributed by atoms with Crippen molar-refractivity contribution in [3.05, 3.63) is 77.0 Å². The van der Waals surface area contributed by atoms with E-state index >= 15 is 0 Å². The molecule has 0 saturated heterocycles. The van der Waals surface area contributed by atoms with Gasteiger partial charge in [0.1, 0.15) is 0 Å². The maximum atomic E-state index is 12.3. The van der Waals surface area contributed by atoms with E-state index in [0.717, 1.165) is 22.5 Å². The lowest BCUT2D eigenvalue weighted by atomic mass is 10.1. The second kappa shape index (κ2) is 7.78. The standard InChI is InChI=1S/C21H20N4O2/c1-13-10-14(2)12-18(11-13)23-21(27)19-8-9-20(25-24-19)22-17-6-4-16(5-7-17)15(3)26/h4-12H,1-3H3,(H,22,25)(H,23,27). The largest absolute Gasteiger partial charge is 0.339 e. The van der Waals surface area contributed by atoms with Crippen LogP contribution in [0.3, 0.4) is 0 Å². The minimum atomic E-state index is -0.315. The predicted octanol–water partition coefficient (Wildman–Crippen LogP) is 4.29. The molecule has 0 fully saturated rings. The number of hydrogen-bond donors (Lipinski definition) is 2. The van der Waals surface area contributed by atoms with Crippen LogP contribution in [0, 0.1) is 13.8 Å². The first-order valence-electron chi connectivity index (χ1n) is 8.52. The fraction of sp³-hybridized carbons (Fsp3) is 0.143. The third kappa shape index (κ3) is 4.76. The molecule has 2 N–H and O–H groups in total. The Morgan fingerprint density at radius 2 is 1.48 bits per heavy atom. The van der Waals surface area contributed by atoms with Crippen LogP contribution in [0.4, 0.5) is 17.2 Å². The summed E-state index contributed by atoms with van der Waals surface area (Å²) in [5.74, 6) is 0.207. The molecule has 3 rings (SSSR count). The third-order valence-electron chi connectivity index (χ3n) is 3.94. The van der Waals surface area contributed by atoms with Crippen LogP contribution in [0.25, 0.3) is 0 Å². The lowest BCUT2D eigenvalue weighted by Crippen LogP contribution is -2.14. The summed E-state index contributed by atoms with van der Waals surface area (Å²) in [5.41, 5.74) is 4.53. The van der Waals surface area contributed by atoms with Gasteiger partial charge in [0.05, 0.1) is 0 Å². The number of nitrogens with zero attached hydrogens (tertiary/aromatic N) is 2. The maximum Gasteiger partial charge on any atom is 0.276 e. The molecule has 0 atom stereocenters. The van der Waals surface area contributed by atoms with Gasteiger partial charge in [0.15, 0.2) is 17.3 Å². The molecule has 3 aromatic rings. The van der Waals surface area contributed by atoms with Crippen molar-refractivity contribution in [3.8, 4) is 0 Å². The van der Waals surface area contributed by atoms with Crippen LogP contribution in [0.2, 0.25) is 0 Å². The molecule has 0 aliphatic carbocycles. The first-order valence-corrected chi connectivity index (χ1v) is 8.52. The first kappa shape index (κ1) is 18.3. The predicted molar refractivity (Wildman–Crippen MR) is 106 cm³/mol. The van der Waals surface area contributed by atoms with E-state index in [1.54, 1.807) is 36.4 Å². The van der Waals surface area contributed by atoms with E-state index in [4.69, 9.17) is 0 Å². The van der Waals surface area contributed by atoms with Gasteiger partial charge in [-0.25, -0.2) is 0 Å². The summed E-state index contributed by atoms with van der Waals surface area (Å²) in [6, 6.07) is 16.2. The van der Waals surface area contributed by atoms with Crippen molar-refractivity contribution in [1.82, 2.24) is 10.2 Å². The van der Waals surface area contributed by atoms with Crippen molar-refractivity contribution >= 4 is 28.9 Å². The van der Waals surface area contributed by atoms with E-state index in [1.807, 2.05) is 32.0 Å². The second-order valence-electron chi connectivity index (χ2n) is 6.39. The summed E-state index contributed by atoms with van der Waals surface area (Å²) in [4.78, 5) is 23.6. The summed E-state index contributed by atoms with van der Waals surface area (Å²) in [7, 11) is 0. The Labute approximate surface area is 157 Å².